The fraction of sp³-hybridized carbons (Fsp3) is 0.316. The molecule has 4 rings (SSSR count). The van der Waals surface area contributed by atoms with E-state index in [1.54, 1.807) is 18.5 Å². The third kappa shape index (κ3) is 4.05. The number of nitrogens with zero attached hydrogens (tertiary/aromatic N) is 3. The van der Waals surface area contributed by atoms with E-state index in [9.17, 15) is 0 Å². The molecule has 0 spiro atoms. The zero-order valence-corrected chi connectivity index (χ0v) is 16.2. The molecule has 3 unspecified atom stereocenters. The molecule has 142 valence electrons. The second-order valence-corrected chi connectivity index (χ2v) is 7.14. The minimum absolute atomic E-state index is 0.00847. The highest BCUT2D eigenvalue weighted by atomic mass is 35.5. The van der Waals surface area contributed by atoms with Gasteiger partial charge < -0.3 is 14.2 Å². The van der Waals surface area contributed by atoms with Gasteiger partial charge in [0.2, 0.25) is 0 Å². The van der Waals surface area contributed by atoms with E-state index in [1.165, 1.54) is 4.53 Å². The van der Waals surface area contributed by atoms with Crippen molar-refractivity contribution in [2.24, 2.45) is 4.99 Å². The van der Waals surface area contributed by atoms with E-state index in [0.717, 1.165) is 5.56 Å². The van der Waals surface area contributed by atoms with Gasteiger partial charge in [-0.3, -0.25) is 4.99 Å². The number of para-hydroxylation sites is 1. The minimum Gasteiger partial charge on any atom is -0.457 e. The lowest BCUT2D eigenvalue weighted by Crippen LogP contribution is -2.41. The van der Waals surface area contributed by atoms with Gasteiger partial charge >= 0.3 is 0 Å². The molecule has 2 aliphatic rings. The molecular weight excluding hydrogens is 389 g/mol. The molecule has 3 atom stereocenters. The molecule has 1 saturated heterocycles. The monoisotopic (exact) mass is 407 g/mol. The molecule has 0 bridgehead atoms. The summed E-state index contributed by atoms with van der Waals surface area (Å²) in [4.78, 5) is 4.23. The number of hydrogen-bond acceptors (Lipinski definition) is 6. The number of rotatable bonds is 5. The SMILES string of the molecule is CC1COC(C(c2ccccc2Oc2ccc(Cl)cc2)N2CN=CN2Cl)O1. The van der Waals surface area contributed by atoms with Crippen molar-refractivity contribution in [1.82, 2.24) is 9.54 Å². The van der Waals surface area contributed by atoms with E-state index in [1.807, 2.05) is 48.3 Å². The van der Waals surface area contributed by atoms with E-state index in [4.69, 9.17) is 37.6 Å². The Bertz CT molecular complexity index is 818. The van der Waals surface area contributed by atoms with Crippen LogP contribution in [0, 0.1) is 0 Å². The van der Waals surface area contributed by atoms with Crippen molar-refractivity contribution in [1.29, 1.82) is 0 Å². The maximum Gasteiger partial charge on any atom is 0.179 e. The molecule has 6 nitrogen and oxygen atoms in total. The third-order valence-corrected chi connectivity index (χ3v) is 4.90. The van der Waals surface area contributed by atoms with Crippen molar-refractivity contribution in [3.63, 3.8) is 0 Å². The van der Waals surface area contributed by atoms with Gasteiger partial charge in [0.25, 0.3) is 0 Å². The van der Waals surface area contributed by atoms with E-state index < -0.39 is 6.29 Å². The van der Waals surface area contributed by atoms with Crippen molar-refractivity contribution in [2.45, 2.75) is 25.4 Å². The summed E-state index contributed by atoms with van der Waals surface area (Å²) in [6.07, 6.45) is 1.09. The van der Waals surface area contributed by atoms with Crippen LogP contribution in [0.25, 0.3) is 0 Å². The van der Waals surface area contributed by atoms with Crippen LogP contribution in [0.2, 0.25) is 5.02 Å². The fourth-order valence-electron chi connectivity index (χ4n) is 3.12. The Morgan fingerprint density at radius 3 is 2.63 bits per heavy atom. The molecule has 27 heavy (non-hydrogen) atoms. The number of hydrazine groups is 1. The molecule has 1 fully saturated rings. The van der Waals surface area contributed by atoms with Gasteiger partial charge in [0.15, 0.2) is 6.29 Å². The van der Waals surface area contributed by atoms with Gasteiger partial charge in [-0.2, -0.15) is 5.01 Å². The van der Waals surface area contributed by atoms with Gasteiger partial charge in [0, 0.05) is 22.4 Å². The van der Waals surface area contributed by atoms with E-state index in [0.29, 0.717) is 29.8 Å². The highest BCUT2D eigenvalue weighted by molar-refractivity contribution is 6.30. The lowest BCUT2D eigenvalue weighted by molar-refractivity contribution is -0.129. The van der Waals surface area contributed by atoms with Crippen LogP contribution in [0.3, 0.4) is 0 Å². The Kier molecular flexibility index (Phi) is 5.52. The summed E-state index contributed by atoms with van der Waals surface area (Å²) in [6, 6.07) is 14.7. The summed E-state index contributed by atoms with van der Waals surface area (Å²) in [5.74, 6) is 1.38. The van der Waals surface area contributed by atoms with Gasteiger partial charge in [-0.25, -0.2) is 4.53 Å². The predicted octanol–water partition coefficient (Wildman–Crippen LogP) is 4.61. The van der Waals surface area contributed by atoms with Crippen LogP contribution in [-0.4, -0.2) is 41.5 Å². The largest absolute Gasteiger partial charge is 0.457 e. The second kappa shape index (κ2) is 8.04. The van der Waals surface area contributed by atoms with E-state index in [-0.39, 0.29) is 12.1 Å². The van der Waals surface area contributed by atoms with E-state index in [2.05, 4.69) is 4.99 Å². The molecule has 0 amide bonds. The Morgan fingerprint density at radius 1 is 1.19 bits per heavy atom. The Labute approximate surface area is 167 Å². The molecule has 2 aliphatic heterocycles. The lowest BCUT2D eigenvalue weighted by Gasteiger charge is -2.34. The minimum atomic E-state index is -0.488. The number of benzene rings is 2. The fourth-order valence-corrected chi connectivity index (χ4v) is 3.45. The molecule has 2 aromatic rings. The Balaban J connectivity index is 1.68. The van der Waals surface area contributed by atoms with Crippen molar-refractivity contribution >= 4 is 29.7 Å². The van der Waals surface area contributed by atoms with Gasteiger partial charge in [0.05, 0.1) is 12.7 Å². The first-order chi connectivity index (χ1) is 13.1. The van der Waals surface area contributed by atoms with Gasteiger partial charge in [-0.1, -0.05) is 29.8 Å². The number of hydrogen-bond donors (Lipinski definition) is 0. The third-order valence-electron chi connectivity index (χ3n) is 4.37. The Morgan fingerprint density at radius 2 is 1.96 bits per heavy atom. The maximum atomic E-state index is 6.31. The van der Waals surface area contributed by atoms with Crippen LogP contribution < -0.4 is 4.74 Å². The van der Waals surface area contributed by atoms with Crippen LogP contribution in [0.4, 0.5) is 0 Å². The molecular formula is C19H19Cl2N3O3. The Hall–Kier alpha value is -1.83. The number of ether oxygens (including phenoxy) is 3. The van der Waals surface area contributed by atoms with Crippen molar-refractivity contribution in [2.75, 3.05) is 13.3 Å². The van der Waals surface area contributed by atoms with Gasteiger partial charge in [-0.05, 0) is 37.3 Å². The first-order valence-corrected chi connectivity index (χ1v) is 9.34. The predicted molar refractivity (Wildman–Crippen MR) is 104 cm³/mol. The summed E-state index contributed by atoms with van der Waals surface area (Å²) in [6.45, 7) is 2.91. The van der Waals surface area contributed by atoms with Crippen molar-refractivity contribution in [3.8, 4) is 11.5 Å². The van der Waals surface area contributed by atoms with Crippen molar-refractivity contribution in [3.05, 3.63) is 59.1 Å². The van der Waals surface area contributed by atoms with Gasteiger partial charge in [0.1, 0.15) is 30.5 Å². The van der Waals surface area contributed by atoms with Crippen LogP contribution in [-0.2, 0) is 9.47 Å². The second-order valence-electron chi connectivity index (χ2n) is 6.35. The molecule has 0 N–H and O–H groups in total. The van der Waals surface area contributed by atoms with Crippen LogP contribution in [0.1, 0.15) is 18.5 Å². The van der Waals surface area contributed by atoms with Crippen LogP contribution in [0.15, 0.2) is 53.5 Å². The first-order valence-electron chi connectivity index (χ1n) is 8.63. The molecule has 2 aromatic carbocycles. The first kappa shape index (κ1) is 18.5. The summed E-state index contributed by atoms with van der Waals surface area (Å²) >= 11 is 12.3. The summed E-state index contributed by atoms with van der Waals surface area (Å²) < 4.78 is 19.4. The quantitative estimate of drug-likeness (QED) is 0.677. The summed E-state index contributed by atoms with van der Waals surface area (Å²) in [7, 11) is 0. The molecule has 0 saturated carbocycles. The average Bonchev–Trinajstić information content (AvgIpc) is 3.28. The lowest BCUT2D eigenvalue weighted by atomic mass is 10.0. The van der Waals surface area contributed by atoms with Gasteiger partial charge in [-0.15, -0.1) is 0 Å². The van der Waals surface area contributed by atoms with Crippen LogP contribution >= 0.6 is 23.4 Å². The maximum absolute atomic E-state index is 6.31. The number of halogens is 2. The summed E-state index contributed by atoms with van der Waals surface area (Å²) in [5.41, 5.74) is 0.891. The molecule has 2 heterocycles. The zero-order chi connectivity index (χ0) is 18.8. The standard InChI is InChI=1S/C19H19Cl2N3O3/c1-13-10-25-19(26-13)18(23-11-22-12-24(23)21)16-4-2-3-5-17(16)27-15-8-6-14(20)7-9-15/h2-9,12-13,18-19H,10-11H2,1H3. The highest BCUT2D eigenvalue weighted by Crippen LogP contribution is 2.39. The smallest absolute Gasteiger partial charge is 0.179 e. The molecule has 0 aromatic heterocycles. The molecule has 8 heteroatoms. The molecule has 0 radical (unpaired) electrons. The topological polar surface area (TPSA) is 46.5 Å². The highest BCUT2D eigenvalue weighted by Gasteiger charge is 2.40. The molecule has 0 aliphatic carbocycles. The average molecular weight is 408 g/mol. The van der Waals surface area contributed by atoms with Crippen LogP contribution in [0.5, 0.6) is 11.5 Å². The normalized spacial score (nSPS) is 23.7. The summed E-state index contributed by atoms with van der Waals surface area (Å²) in [5, 5.41) is 2.52. The van der Waals surface area contributed by atoms with Crippen molar-refractivity contribution < 1.29 is 14.2 Å². The number of aliphatic imine (C=N–C) groups is 1. The zero-order valence-electron chi connectivity index (χ0n) is 14.7. The van der Waals surface area contributed by atoms with E-state index >= 15 is 0 Å².